The fourth-order valence-corrected chi connectivity index (χ4v) is 1.35. The van der Waals surface area contributed by atoms with Gasteiger partial charge in [-0.05, 0) is 0 Å². The van der Waals surface area contributed by atoms with Crippen LogP contribution in [0.1, 0.15) is 5.56 Å². The van der Waals surface area contributed by atoms with Crippen LogP contribution in [0.3, 0.4) is 0 Å². The molecular weight excluding hydrogens is 238 g/mol. The highest BCUT2D eigenvalue weighted by molar-refractivity contribution is 5.75. The molecule has 94 valence electrons. The van der Waals surface area contributed by atoms with Crippen LogP contribution >= 0.6 is 0 Å². The largest absolute Gasteiger partial charge is 0.350 e. The first kappa shape index (κ1) is 11.8. The van der Waals surface area contributed by atoms with Gasteiger partial charge in [-0.3, -0.25) is 24.6 Å². The minimum atomic E-state index is -0.437. The lowest BCUT2D eigenvalue weighted by Gasteiger charge is -2.05. The Balaban J connectivity index is 1.97. The van der Waals surface area contributed by atoms with Gasteiger partial charge in [-0.2, -0.15) is 5.10 Å². The Morgan fingerprint density at radius 1 is 1.39 bits per heavy atom. The molecule has 2 rings (SSSR count). The normalized spacial score (nSPS) is 10.2. The Hall–Kier alpha value is -2.64. The highest BCUT2D eigenvalue weighted by Gasteiger charge is 2.05. The lowest BCUT2D eigenvalue weighted by molar-refractivity contribution is -0.122. The topological polar surface area (TPSA) is 113 Å². The molecule has 0 saturated heterocycles. The molecule has 0 aromatic carbocycles. The number of hydrogen-bond acceptors (Lipinski definition) is 4. The van der Waals surface area contributed by atoms with Crippen LogP contribution in [0.25, 0.3) is 0 Å². The van der Waals surface area contributed by atoms with Crippen LogP contribution in [-0.4, -0.2) is 25.9 Å². The standard InChI is InChI=1S/C10H11N5O3/c16-8-1-2-10(18)15(14-8)6-9(17)11-3-7-4-12-13-5-7/h1-2,4-5H,3,6H2,(H,11,17)(H,12,13)(H,14,16). The molecule has 18 heavy (non-hydrogen) atoms. The van der Waals surface area contributed by atoms with Gasteiger partial charge in [0.2, 0.25) is 5.91 Å². The maximum absolute atomic E-state index is 11.5. The zero-order chi connectivity index (χ0) is 13.0. The summed E-state index contributed by atoms with van der Waals surface area (Å²) in [5.74, 6) is -0.375. The highest BCUT2D eigenvalue weighted by Crippen LogP contribution is 1.91. The maximum Gasteiger partial charge on any atom is 0.265 e. The molecule has 0 radical (unpaired) electrons. The van der Waals surface area contributed by atoms with Crippen molar-refractivity contribution in [1.82, 2.24) is 25.3 Å². The van der Waals surface area contributed by atoms with E-state index in [0.29, 0.717) is 6.54 Å². The zero-order valence-electron chi connectivity index (χ0n) is 9.34. The molecule has 0 atom stereocenters. The molecule has 0 aliphatic rings. The molecule has 2 aromatic heterocycles. The number of aromatic amines is 2. The van der Waals surface area contributed by atoms with Gasteiger partial charge in [-0.25, -0.2) is 4.68 Å². The summed E-state index contributed by atoms with van der Waals surface area (Å²) in [5, 5.41) is 11.2. The number of aromatic nitrogens is 4. The van der Waals surface area contributed by atoms with Crippen molar-refractivity contribution in [1.29, 1.82) is 0 Å². The summed E-state index contributed by atoms with van der Waals surface area (Å²) in [4.78, 5) is 33.9. The van der Waals surface area contributed by atoms with Crippen LogP contribution < -0.4 is 16.4 Å². The first-order valence-corrected chi connectivity index (χ1v) is 5.19. The summed E-state index contributed by atoms with van der Waals surface area (Å²) in [5.41, 5.74) is -0.0532. The van der Waals surface area contributed by atoms with Crippen molar-refractivity contribution in [3.63, 3.8) is 0 Å². The quantitative estimate of drug-likeness (QED) is 0.617. The SMILES string of the molecule is O=C(Cn1[nH]c(=O)ccc1=O)NCc1cn[nH]c1. The molecule has 0 aliphatic heterocycles. The Morgan fingerprint density at radius 3 is 2.94 bits per heavy atom. The van der Waals surface area contributed by atoms with E-state index in [1.54, 1.807) is 12.4 Å². The molecule has 0 spiro atoms. The summed E-state index contributed by atoms with van der Waals surface area (Å²) < 4.78 is 0.951. The number of amides is 1. The third-order valence-corrected chi connectivity index (χ3v) is 2.23. The monoisotopic (exact) mass is 249 g/mol. The third kappa shape index (κ3) is 2.94. The molecule has 8 heteroatoms. The smallest absolute Gasteiger partial charge is 0.265 e. The summed E-state index contributed by atoms with van der Waals surface area (Å²) in [6.45, 7) is 0.0773. The zero-order valence-corrected chi connectivity index (χ0v) is 9.34. The molecule has 0 fully saturated rings. The lowest BCUT2D eigenvalue weighted by atomic mass is 10.3. The number of carbonyl (C=O) groups is 1. The van der Waals surface area contributed by atoms with E-state index < -0.39 is 11.1 Å². The van der Waals surface area contributed by atoms with E-state index in [1.807, 2.05) is 0 Å². The number of nitrogens with zero attached hydrogens (tertiary/aromatic N) is 2. The minimum absolute atomic E-state index is 0.229. The molecule has 8 nitrogen and oxygen atoms in total. The molecule has 3 N–H and O–H groups in total. The van der Waals surface area contributed by atoms with Crippen molar-refractivity contribution in [3.8, 4) is 0 Å². The van der Waals surface area contributed by atoms with Crippen molar-refractivity contribution < 1.29 is 4.79 Å². The molecule has 2 aromatic rings. The van der Waals surface area contributed by atoms with Crippen LogP contribution in [0.5, 0.6) is 0 Å². The Morgan fingerprint density at radius 2 is 2.22 bits per heavy atom. The van der Waals surface area contributed by atoms with Crippen molar-refractivity contribution >= 4 is 5.91 Å². The van der Waals surface area contributed by atoms with E-state index >= 15 is 0 Å². The van der Waals surface area contributed by atoms with E-state index in [2.05, 4.69) is 20.6 Å². The molecule has 0 bridgehead atoms. The van der Waals surface area contributed by atoms with Gasteiger partial charge in [0.1, 0.15) is 6.54 Å². The van der Waals surface area contributed by atoms with Crippen LogP contribution in [0.2, 0.25) is 0 Å². The first-order chi connectivity index (χ1) is 8.65. The van der Waals surface area contributed by atoms with Crippen LogP contribution in [0.15, 0.2) is 34.1 Å². The Labute approximate surface area is 101 Å². The number of rotatable bonds is 4. The predicted octanol–water partition coefficient (Wildman–Crippen LogP) is -1.42. The fourth-order valence-electron chi connectivity index (χ4n) is 1.35. The van der Waals surface area contributed by atoms with Gasteiger partial charge in [0.25, 0.3) is 11.1 Å². The summed E-state index contributed by atoms with van der Waals surface area (Å²) >= 11 is 0. The molecule has 0 unspecified atom stereocenters. The van der Waals surface area contributed by atoms with Gasteiger partial charge in [0.15, 0.2) is 0 Å². The summed E-state index contributed by atoms with van der Waals surface area (Å²) in [6, 6.07) is 2.23. The van der Waals surface area contributed by atoms with Gasteiger partial charge in [0.05, 0.1) is 6.20 Å². The average molecular weight is 249 g/mol. The van der Waals surface area contributed by atoms with Crippen LogP contribution in [0.4, 0.5) is 0 Å². The second kappa shape index (κ2) is 5.13. The molecular formula is C10H11N5O3. The highest BCUT2D eigenvalue weighted by atomic mass is 16.2. The van der Waals surface area contributed by atoms with Crippen LogP contribution in [-0.2, 0) is 17.9 Å². The fraction of sp³-hybridized carbons (Fsp3) is 0.200. The maximum atomic E-state index is 11.5. The van der Waals surface area contributed by atoms with Crippen molar-refractivity contribution in [3.05, 3.63) is 50.8 Å². The Kier molecular flexibility index (Phi) is 3.37. The number of H-pyrrole nitrogens is 2. The minimum Gasteiger partial charge on any atom is -0.350 e. The van der Waals surface area contributed by atoms with E-state index in [4.69, 9.17) is 0 Å². The first-order valence-electron chi connectivity index (χ1n) is 5.19. The predicted molar refractivity (Wildman–Crippen MR) is 61.8 cm³/mol. The molecule has 2 heterocycles. The second-order valence-corrected chi connectivity index (χ2v) is 3.62. The van der Waals surface area contributed by atoms with Gasteiger partial charge < -0.3 is 5.32 Å². The molecule has 1 amide bonds. The van der Waals surface area contributed by atoms with E-state index in [9.17, 15) is 14.4 Å². The van der Waals surface area contributed by atoms with Crippen molar-refractivity contribution in [2.75, 3.05) is 0 Å². The van der Waals surface area contributed by atoms with Crippen molar-refractivity contribution in [2.45, 2.75) is 13.1 Å². The van der Waals surface area contributed by atoms with Gasteiger partial charge in [-0.1, -0.05) is 0 Å². The molecule has 0 aliphatic carbocycles. The average Bonchev–Trinajstić information content (AvgIpc) is 2.84. The second-order valence-electron chi connectivity index (χ2n) is 3.62. The lowest BCUT2D eigenvalue weighted by Crippen LogP contribution is -2.35. The number of carbonyl (C=O) groups excluding carboxylic acids is 1. The summed E-state index contributed by atoms with van der Waals surface area (Å²) in [7, 11) is 0. The van der Waals surface area contributed by atoms with E-state index in [-0.39, 0.29) is 12.5 Å². The van der Waals surface area contributed by atoms with Gasteiger partial charge >= 0.3 is 0 Å². The molecule has 0 saturated carbocycles. The Bertz CT molecular complexity index is 640. The number of hydrogen-bond donors (Lipinski definition) is 3. The van der Waals surface area contributed by atoms with Gasteiger partial charge in [0, 0.05) is 30.4 Å². The summed E-state index contributed by atoms with van der Waals surface area (Å²) in [6.07, 6.45) is 3.23. The third-order valence-electron chi connectivity index (χ3n) is 2.23. The van der Waals surface area contributed by atoms with E-state index in [0.717, 1.165) is 22.4 Å². The number of nitrogens with one attached hydrogen (secondary N) is 3. The van der Waals surface area contributed by atoms with E-state index in [1.165, 1.54) is 0 Å². The van der Waals surface area contributed by atoms with Crippen LogP contribution in [0, 0.1) is 0 Å². The van der Waals surface area contributed by atoms with Gasteiger partial charge in [-0.15, -0.1) is 0 Å². The van der Waals surface area contributed by atoms with Crippen molar-refractivity contribution in [2.24, 2.45) is 0 Å².